The van der Waals surface area contributed by atoms with Crippen molar-refractivity contribution in [2.45, 2.75) is 32.1 Å². The van der Waals surface area contributed by atoms with Crippen LogP contribution < -0.4 is 0 Å². The van der Waals surface area contributed by atoms with E-state index in [2.05, 4.69) is 0 Å². The molecule has 1 atom stereocenters. The van der Waals surface area contributed by atoms with Crippen molar-refractivity contribution in [3.05, 3.63) is 0 Å². The van der Waals surface area contributed by atoms with Crippen LogP contribution in [0, 0.1) is 0 Å². The van der Waals surface area contributed by atoms with Gasteiger partial charge >= 0.3 is 35.0 Å². The van der Waals surface area contributed by atoms with E-state index in [1.165, 1.54) is 32.1 Å². The number of hydrogen-bond donors (Lipinski definition) is 0. The molecule has 1 fully saturated rings. The van der Waals surface area contributed by atoms with Crippen molar-refractivity contribution in [3.63, 3.8) is 0 Å². The first-order valence-corrected chi connectivity index (χ1v) is 6.74. The van der Waals surface area contributed by atoms with Gasteiger partial charge in [0.2, 0.25) is 0 Å². The molecule has 62 valence electrons. The third-order valence-corrected chi connectivity index (χ3v) is 1.25. The van der Waals surface area contributed by atoms with Crippen LogP contribution in [0.25, 0.3) is 0 Å². The molecular formula is C5H13Cl2PPd. The van der Waals surface area contributed by atoms with Crippen molar-refractivity contribution in [2.75, 3.05) is 0 Å². The second kappa shape index (κ2) is 12.4. The molecule has 0 N–H and O–H groups in total. The fraction of sp³-hybridized carbons (Fsp3) is 1.00. The first-order valence-electron chi connectivity index (χ1n) is 2.74. The van der Waals surface area contributed by atoms with Crippen LogP contribution in [0.1, 0.15) is 32.1 Å². The molecule has 1 aliphatic rings. The van der Waals surface area contributed by atoms with E-state index in [1.807, 2.05) is 0 Å². The molecule has 9 heavy (non-hydrogen) atoms. The average molecular weight is 281 g/mol. The Hall–Kier alpha value is 1.67. The summed E-state index contributed by atoms with van der Waals surface area (Å²) in [5.41, 5.74) is 0. The van der Waals surface area contributed by atoms with Crippen molar-refractivity contribution >= 4 is 29.0 Å². The van der Waals surface area contributed by atoms with Gasteiger partial charge in [-0.3, -0.25) is 0 Å². The van der Waals surface area contributed by atoms with E-state index in [-0.39, 0.29) is 25.8 Å². The van der Waals surface area contributed by atoms with Gasteiger partial charge in [0.1, 0.15) is 0 Å². The Morgan fingerprint density at radius 1 is 0.778 bits per heavy atom. The van der Waals surface area contributed by atoms with Gasteiger partial charge < -0.3 is 0 Å². The van der Waals surface area contributed by atoms with Crippen LogP contribution in [0.5, 0.6) is 0 Å². The minimum absolute atomic E-state index is 0. The molecular weight excluding hydrogens is 268 g/mol. The standard InChI is InChI=1S/C5H10.2ClH.H3P.Pd/c1-2-4-5-3-1;;;;/h1-5H2;2*1H;1H3;/q;;;;+2/p-2. The molecule has 4 heteroatoms. The summed E-state index contributed by atoms with van der Waals surface area (Å²) in [5.74, 6) is 0. The molecule has 0 aromatic carbocycles. The Balaban J connectivity index is 0. The van der Waals surface area contributed by atoms with Crippen molar-refractivity contribution in [3.8, 4) is 0 Å². The van der Waals surface area contributed by atoms with Gasteiger partial charge in [-0.1, -0.05) is 32.1 Å². The topological polar surface area (TPSA) is 0 Å². The first kappa shape index (κ1) is 13.3. The van der Waals surface area contributed by atoms with Crippen LogP contribution in [-0.4, -0.2) is 0 Å². The average Bonchev–Trinajstić information content (AvgIpc) is 2.17. The van der Waals surface area contributed by atoms with Gasteiger partial charge in [-0.15, -0.1) is 0 Å². The number of halogens is 2. The Morgan fingerprint density at radius 3 is 1.00 bits per heavy atom. The van der Waals surface area contributed by atoms with Crippen LogP contribution in [0.2, 0.25) is 0 Å². The zero-order valence-electron chi connectivity index (χ0n) is 5.31. The molecule has 0 spiro atoms. The summed E-state index contributed by atoms with van der Waals surface area (Å²) >= 11 is -0.106. The van der Waals surface area contributed by atoms with E-state index in [0.29, 0.717) is 0 Å². The fourth-order valence-electron chi connectivity index (χ4n) is 0.884. The molecule has 0 heterocycles. The zero-order chi connectivity index (χ0) is 6.24. The second-order valence-electron chi connectivity index (χ2n) is 1.81. The van der Waals surface area contributed by atoms with E-state index in [9.17, 15) is 0 Å². The van der Waals surface area contributed by atoms with Gasteiger partial charge in [-0.25, -0.2) is 0 Å². The molecule has 0 amide bonds. The minimum atomic E-state index is -0.106. The summed E-state index contributed by atoms with van der Waals surface area (Å²) in [6, 6.07) is 0. The zero-order valence-corrected chi connectivity index (χ0v) is 9.80. The van der Waals surface area contributed by atoms with Crippen LogP contribution in [0.15, 0.2) is 0 Å². The quantitative estimate of drug-likeness (QED) is 0.472. The molecule has 0 aromatic heterocycles. The molecule has 0 nitrogen and oxygen atoms in total. The van der Waals surface area contributed by atoms with Gasteiger partial charge in [0.05, 0.1) is 0 Å². The Labute approximate surface area is 76.8 Å². The molecule has 1 saturated carbocycles. The van der Waals surface area contributed by atoms with Crippen LogP contribution in [0.3, 0.4) is 0 Å². The number of hydrogen-bond acceptors (Lipinski definition) is 0. The normalized spacial score (nSPS) is 15.8. The van der Waals surface area contributed by atoms with Gasteiger partial charge in [0.15, 0.2) is 0 Å². The predicted molar refractivity (Wildman–Crippen MR) is 45.9 cm³/mol. The van der Waals surface area contributed by atoms with E-state index < -0.39 is 0 Å². The Kier molecular flexibility index (Phi) is 18.2. The maximum atomic E-state index is 4.81. The molecule has 0 radical (unpaired) electrons. The van der Waals surface area contributed by atoms with E-state index in [4.69, 9.17) is 19.1 Å². The van der Waals surface area contributed by atoms with E-state index >= 15 is 0 Å². The first-order chi connectivity index (χ1) is 3.91. The van der Waals surface area contributed by atoms with Crippen LogP contribution >= 0.6 is 29.0 Å². The maximum absolute atomic E-state index is 4.81. The summed E-state index contributed by atoms with van der Waals surface area (Å²) in [5, 5.41) is 0. The SMILES string of the molecule is C1CCCC1.P.[Cl][Pd][Cl]. The second-order valence-corrected chi connectivity index (χ2v) is 4.17. The van der Waals surface area contributed by atoms with Crippen molar-refractivity contribution in [2.24, 2.45) is 0 Å². The van der Waals surface area contributed by atoms with Crippen molar-refractivity contribution in [1.29, 1.82) is 0 Å². The van der Waals surface area contributed by atoms with Crippen LogP contribution in [0.4, 0.5) is 0 Å². The molecule has 0 aliphatic heterocycles. The molecule has 0 bridgehead atoms. The molecule has 1 aliphatic carbocycles. The van der Waals surface area contributed by atoms with Crippen LogP contribution in [-0.2, 0) is 15.9 Å². The van der Waals surface area contributed by atoms with Gasteiger partial charge in [-0.05, 0) is 0 Å². The summed E-state index contributed by atoms with van der Waals surface area (Å²) in [7, 11) is 9.63. The third-order valence-electron chi connectivity index (χ3n) is 1.25. The monoisotopic (exact) mass is 280 g/mol. The Morgan fingerprint density at radius 2 is 0.889 bits per heavy atom. The molecule has 1 rings (SSSR count). The summed E-state index contributed by atoms with van der Waals surface area (Å²) in [6.45, 7) is 0. The van der Waals surface area contributed by atoms with Gasteiger partial charge in [0.25, 0.3) is 0 Å². The predicted octanol–water partition coefficient (Wildman–Crippen LogP) is 3.39. The van der Waals surface area contributed by atoms with E-state index in [0.717, 1.165) is 0 Å². The Bertz CT molecular complexity index is 34.3. The van der Waals surface area contributed by atoms with Gasteiger partial charge in [0, 0.05) is 0 Å². The van der Waals surface area contributed by atoms with E-state index in [1.54, 1.807) is 0 Å². The molecule has 1 unspecified atom stereocenters. The third kappa shape index (κ3) is 12.8. The molecule has 0 aromatic rings. The van der Waals surface area contributed by atoms with Crippen molar-refractivity contribution in [1.82, 2.24) is 0 Å². The number of rotatable bonds is 0. The summed E-state index contributed by atoms with van der Waals surface area (Å²) in [4.78, 5) is 0. The summed E-state index contributed by atoms with van der Waals surface area (Å²) in [6.07, 6.45) is 7.50. The van der Waals surface area contributed by atoms with Crippen molar-refractivity contribution < 1.29 is 15.9 Å². The molecule has 0 saturated heterocycles. The van der Waals surface area contributed by atoms with Gasteiger partial charge in [-0.2, -0.15) is 9.90 Å². The fourth-order valence-corrected chi connectivity index (χ4v) is 0.884. The summed E-state index contributed by atoms with van der Waals surface area (Å²) < 4.78 is 0.